The van der Waals surface area contributed by atoms with E-state index in [4.69, 9.17) is 19.3 Å². The van der Waals surface area contributed by atoms with Gasteiger partial charge in [-0.15, -0.1) is 0 Å². The van der Waals surface area contributed by atoms with Crippen molar-refractivity contribution in [3.8, 4) is 0 Å². The van der Waals surface area contributed by atoms with Gasteiger partial charge in [-0.25, -0.2) is 4.79 Å². The summed E-state index contributed by atoms with van der Waals surface area (Å²) in [4.78, 5) is 50.5. The summed E-state index contributed by atoms with van der Waals surface area (Å²) in [5, 5.41) is 51.5. The average Bonchev–Trinajstić information content (AvgIpc) is 3.25. The van der Waals surface area contributed by atoms with Crippen LogP contribution in [0.25, 0.3) is 0 Å². The first-order valence-electron chi connectivity index (χ1n) is 12.9. The highest BCUT2D eigenvalue weighted by atomic mass is 16.7. The van der Waals surface area contributed by atoms with Gasteiger partial charge in [-0.3, -0.25) is 14.4 Å². The highest BCUT2D eigenvalue weighted by Crippen LogP contribution is 2.24. The Balaban J connectivity index is 2.06. The summed E-state index contributed by atoms with van der Waals surface area (Å²) < 4.78 is 16.1. The molecule has 0 saturated carbocycles. The standard InChI is InChI=1S/C24H40N2O12/c1-4-36-23(35)18(12(2)37-24-21(33)20(32)19(31)13(3)38-24)25-22(34)15-10-14(27)11-26(15)16(28)8-6-5-7-9-17(29)30/h12-15,18-21,24,27,31-33H,4-11H2,1-3H3,(H,25,34)(H,29,30)/t12-,13?,14-,15+,18?,19?,20?,21?,24?/m1/s1. The maximum absolute atomic E-state index is 13.2. The molecule has 6 unspecified atom stereocenters. The van der Waals surface area contributed by atoms with E-state index in [-0.39, 0.29) is 38.3 Å². The topological polar surface area (TPSA) is 212 Å². The molecule has 2 aliphatic rings. The third-order valence-corrected chi connectivity index (χ3v) is 6.65. The molecule has 0 aliphatic carbocycles. The molecule has 218 valence electrons. The number of carbonyl (C=O) groups excluding carboxylic acids is 3. The van der Waals surface area contributed by atoms with Crippen molar-refractivity contribution in [3.63, 3.8) is 0 Å². The second-order valence-electron chi connectivity index (χ2n) is 9.67. The monoisotopic (exact) mass is 548 g/mol. The Morgan fingerprint density at radius 2 is 1.68 bits per heavy atom. The highest BCUT2D eigenvalue weighted by molar-refractivity contribution is 5.91. The Morgan fingerprint density at radius 1 is 1.03 bits per heavy atom. The van der Waals surface area contributed by atoms with Crippen LogP contribution in [0.1, 0.15) is 59.3 Å². The van der Waals surface area contributed by atoms with E-state index in [2.05, 4.69) is 5.32 Å². The molecule has 6 N–H and O–H groups in total. The number of esters is 1. The minimum atomic E-state index is -1.63. The molecule has 9 atom stereocenters. The van der Waals surface area contributed by atoms with Crippen LogP contribution < -0.4 is 5.32 Å². The van der Waals surface area contributed by atoms with Crippen LogP contribution in [0.2, 0.25) is 0 Å². The Bertz CT molecular complexity index is 826. The SMILES string of the molecule is CCOC(=O)C(NC(=O)[C@@H]1C[C@@H](O)CN1C(=O)CCCCCC(=O)O)[C@@H](C)OC1OC(C)C(O)C(O)C1O. The molecule has 2 saturated heterocycles. The van der Waals surface area contributed by atoms with Gasteiger partial charge >= 0.3 is 11.9 Å². The summed E-state index contributed by atoms with van der Waals surface area (Å²) in [6.45, 7) is 4.39. The van der Waals surface area contributed by atoms with Gasteiger partial charge in [-0.05, 0) is 33.6 Å². The van der Waals surface area contributed by atoms with E-state index in [1.807, 2.05) is 0 Å². The van der Waals surface area contributed by atoms with Crippen molar-refractivity contribution >= 4 is 23.8 Å². The molecule has 0 bridgehead atoms. The smallest absolute Gasteiger partial charge is 0.331 e. The zero-order chi connectivity index (χ0) is 28.6. The minimum Gasteiger partial charge on any atom is -0.481 e. The van der Waals surface area contributed by atoms with Crippen LogP contribution in [0.15, 0.2) is 0 Å². The number of carbonyl (C=O) groups is 4. The van der Waals surface area contributed by atoms with Crippen LogP contribution in [-0.2, 0) is 33.4 Å². The van der Waals surface area contributed by atoms with Gasteiger partial charge in [0, 0.05) is 25.8 Å². The summed E-state index contributed by atoms with van der Waals surface area (Å²) in [7, 11) is 0. The number of aliphatic carboxylic acids is 1. The maximum atomic E-state index is 13.2. The number of aliphatic hydroxyl groups is 4. The van der Waals surface area contributed by atoms with Gasteiger partial charge in [-0.1, -0.05) is 6.42 Å². The Labute approximate surface area is 220 Å². The number of carboxylic acids is 1. The van der Waals surface area contributed by atoms with Crippen molar-refractivity contribution in [1.82, 2.24) is 10.2 Å². The zero-order valence-electron chi connectivity index (χ0n) is 21.9. The lowest BCUT2D eigenvalue weighted by atomic mass is 10.00. The lowest BCUT2D eigenvalue weighted by Gasteiger charge is -2.40. The first kappa shape index (κ1) is 31.9. The fraction of sp³-hybridized carbons (Fsp3) is 0.833. The fourth-order valence-corrected chi connectivity index (χ4v) is 4.48. The summed E-state index contributed by atoms with van der Waals surface area (Å²) in [5.41, 5.74) is 0. The van der Waals surface area contributed by atoms with E-state index in [9.17, 15) is 39.6 Å². The second kappa shape index (κ2) is 14.7. The van der Waals surface area contributed by atoms with Gasteiger partial charge in [0.25, 0.3) is 0 Å². The molecule has 2 amide bonds. The number of hydrogen-bond donors (Lipinski definition) is 6. The van der Waals surface area contributed by atoms with Crippen LogP contribution in [-0.4, -0.2) is 122 Å². The molecule has 2 rings (SSSR count). The van der Waals surface area contributed by atoms with Crippen LogP contribution >= 0.6 is 0 Å². The molecule has 0 aromatic carbocycles. The average molecular weight is 549 g/mol. The number of rotatable bonds is 13. The number of aliphatic hydroxyl groups excluding tert-OH is 4. The summed E-state index contributed by atoms with van der Waals surface area (Å²) in [6, 6.07) is -2.45. The molecule has 0 radical (unpaired) electrons. The number of amides is 2. The van der Waals surface area contributed by atoms with Gasteiger partial charge in [0.15, 0.2) is 12.3 Å². The van der Waals surface area contributed by atoms with Crippen molar-refractivity contribution in [1.29, 1.82) is 0 Å². The van der Waals surface area contributed by atoms with Gasteiger partial charge in [-0.2, -0.15) is 0 Å². The normalized spacial score (nSPS) is 30.9. The van der Waals surface area contributed by atoms with Crippen LogP contribution in [0, 0.1) is 0 Å². The molecule has 2 fully saturated rings. The quantitative estimate of drug-likeness (QED) is 0.112. The van der Waals surface area contributed by atoms with Gasteiger partial charge < -0.3 is 50.0 Å². The molecular weight excluding hydrogens is 508 g/mol. The second-order valence-corrected chi connectivity index (χ2v) is 9.67. The van der Waals surface area contributed by atoms with Crippen LogP contribution in [0.4, 0.5) is 0 Å². The Hall–Kier alpha value is -2.36. The molecular formula is C24H40N2O12. The minimum absolute atomic E-state index is 0.00146. The van der Waals surface area contributed by atoms with Crippen molar-refractivity contribution in [2.75, 3.05) is 13.2 Å². The number of β-amino-alcohol motifs (C(OH)–C–C–N with tert-alkyl or cyclic N) is 1. The molecule has 0 spiro atoms. The number of ether oxygens (including phenoxy) is 3. The Morgan fingerprint density at radius 3 is 2.32 bits per heavy atom. The fourth-order valence-electron chi connectivity index (χ4n) is 4.48. The number of carboxylic acid groups (broad SMARTS) is 1. The van der Waals surface area contributed by atoms with E-state index in [1.165, 1.54) is 18.7 Å². The number of nitrogens with zero attached hydrogens (tertiary/aromatic N) is 1. The molecule has 0 aromatic rings. The van der Waals surface area contributed by atoms with Crippen molar-refractivity contribution in [2.24, 2.45) is 0 Å². The van der Waals surface area contributed by atoms with E-state index in [0.29, 0.717) is 19.3 Å². The Kier molecular flexibility index (Phi) is 12.3. The lowest BCUT2D eigenvalue weighted by molar-refractivity contribution is -0.304. The van der Waals surface area contributed by atoms with Crippen LogP contribution in [0.3, 0.4) is 0 Å². The van der Waals surface area contributed by atoms with Crippen molar-refractivity contribution < 1.29 is 58.9 Å². The third-order valence-electron chi connectivity index (χ3n) is 6.65. The number of hydrogen-bond acceptors (Lipinski definition) is 11. The molecule has 14 nitrogen and oxygen atoms in total. The maximum Gasteiger partial charge on any atom is 0.331 e. The summed E-state index contributed by atoms with van der Waals surface area (Å²) in [5.74, 6) is -2.86. The van der Waals surface area contributed by atoms with Crippen molar-refractivity contribution in [3.05, 3.63) is 0 Å². The number of unbranched alkanes of at least 4 members (excludes halogenated alkanes) is 2. The largest absolute Gasteiger partial charge is 0.481 e. The van der Waals surface area contributed by atoms with Gasteiger partial charge in [0.1, 0.15) is 24.4 Å². The lowest BCUT2D eigenvalue weighted by Crippen LogP contribution is -2.60. The predicted molar refractivity (Wildman–Crippen MR) is 128 cm³/mol. The first-order valence-corrected chi connectivity index (χ1v) is 12.9. The molecule has 2 heterocycles. The van der Waals surface area contributed by atoms with Gasteiger partial charge in [0.2, 0.25) is 11.8 Å². The highest BCUT2D eigenvalue weighted by Gasteiger charge is 2.45. The van der Waals surface area contributed by atoms with Crippen molar-refractivity contribution in [2.45, 2.75) is 114 Å². The van der Waals surface area contributed by atoms with E-state index >= 15 is 0 Å². The first-order chi connectivity index (χ1) is 17.9. The molecule has 0 aromatic heterocycles. The molecule has 2 aliphatic heterocycles. The number of likely N-dealkylation sites (tertiary alicyclic amines) is 1. The predicted octanol–water partition coefficient (Wildman–Crippen LogP) is -1.74. The third kappa shape index (κ3) is 8.58. The van der Waals surface area contributed by atoms with E-state index < -0.39 is 72.8 Å². The van der Waals surface area contributed by atoms with Gasteiger partial charge in [0.05, 0.1) is 24.9 Å². The summed E-state index contributed by atoms with van der Waals surface area (Å²) in [6.07, 6.45) is -7.54. The molecule has 38 heavy (non-hydrogen) atoms. The summed E-state index contributed by atoms with van der Waals surface area (Å²) >= 11 is 0. The van der Waals surface area contributed by atoms with Crippen LogP contribution in [0.5, 0.6) is 0 Å². The molecule has 14 heteroatoms. The zero-order valence-corrected chi connectivity index (χ0v) is 21.9. The van der Waals surface area contributed by atoms with E-state index in [0.717, 1.165) is 0 Å². The number of nitrogens with one attached hydrogen (secondary N) is 1. The van der Waals surface area contributed by atoms with E-state index in [1.54, 1.807) is 6.92 Å².